The number of H-pyrrole nitrogens is 2. The number of hydrogen-bond acceptors (Lipinski definition) is 5. The van der Waals surface area contributed by atoms with Gasteiger partial charge in [-0.05, 0) is 0 Å². The second-order valence-electron chi connectivity index (χ2n) is 2.44. The van der Waals surface area contributed by atoms with Crippen LogP contribution < -0.4 is 5.56 Å². The quantitative estimate of drug-likeness (QED) is 0.443. The molecular formula is C5H3N7O. The van der Waals surface area contributed by atoms with Crippen molar-refractivity contribution in [2.45, 2.75) is 0 Å². The van der Waals surface area contributed by atoms with E-state index < -0.39 is 0 Å². The fraction of sp³-hybridized carbons (Fsp3) is 0. The second-order valence-corrected chi connectivity index (χ2v) is 2.44. The number of fused-ring (bicyclic) bond motifs is 2. The Hall–Kier alpha value is -2.25. The number of hydrogen-bond donors (Lipinski definition) is 2. The smallest absolute Gasteiger partial charge is 0.278 e. The lowest BCUT2D eigenvalue weighted by Crippen LogP contribution is -2.15. The van der Waals surface area contributed by atoms with Crippen LogP contribution in [0.1, 0.15) is 0 Å². The number of nitrogens with one attached hydrogen (secondary N) is 2. The lowest BCUT2D eigenvalue weighted by Gasteiger charge is -1.87. The van der Waals surface area contributed by atoms with Crippen molar-refractivity contribution in [3.63, 3.8) is 0 Å². The fourth-order valence-electron chi connectivity index (χ4n) is 1.14. The Bertz CT molecular complexity index is 579. The largest absolute Gasteiger partial charge is 0.304 e. The van der Waals surface area contributed by atoms with Crippen LogP contribution in [0.3, 0.4) is 0 Å². The lowest BCUT2D eigenvalue weighted by atomic mass is 10.5. The molecular weight excluding hydrogens is 174 g/mol. The highest BCUT2D eigenvalue weighted by molar-refractivity contribution is 5.69. The molecule has 3 aromatic rings. The number of aromatic nitrogens is 7. The molecule has 8 heteroatoms. The van der Waals surface area contributed by atoms with Crippen molar-refractivity contribution in [3.05, 3.63) is 16.7 Å². The molecule has 0 aromatic carbocycles. The zero-order chi connectivity index (χ0) is 8.84. The number of aromatic amines is 2. The predicted octanol–water partition coefficient (Wildman–Crippen LogP) is -1.31. The SMILES string of the molecule is O=c1c2n[nH]nc2nc2nc[nH]n12. The van der Waals surface area contributed by atoms with Crippen LogP contribution in [0.4, 0.5) is 0 Å². The van der Waals surface area contributed by atoms with Crippen molar-refractivity contribution >= 4 is 16.9 Å². The Labute approximate surface area is 69.6 Å². The van der Waals surface area contributed by atoms with Crippen molar-refractivity contribution in [2.75, 3.05) is 0 Å². The monoisotopic (exact) mass is 177 g/mol. The summed E-state index contributed by atoms with van der Waals surface area (Å²) in [6, 6.07) is 0. The first-order chi connectivity index (χ1) is 6.36. The van der Waals surface area contributed by atoms with Gasteiger partial charge in [0.2, 0.25) is 5.65 Å². The number of nitrogens with zero attached hydrogens (tertiary/aromatic N) is 5. The Balaban J connectivity index is 2.76. The molecule has 0 bridgehead atoms. The molecule has 0 unspecified atom stereocenters. The van der Waals surface area contributed by atoms with Crippen molar-refractivity contribution in [3.8, 4) is 0 Å². The molecule has 0 spiro atoms. The van der Waals surface area contributed by atoms with E-state index in [1.165, 1.54) is 10.8 Å². The molecule has 0 aliphatic rings. The van der Waals surface area contributed by atoms with Gasteiger partial charge in [-0.15, -0.1) is 10.2 Å². The first kappa shape index (κ1) is 6.29. The van der Waals surface area contributed by atoms with Crippen LogP contribution in [0.15, 0.2) is 11.1 Å². The molecule has 3 rings (SSSR count). The average molecular weight is 177 g/mol. The maximum Gasteiger partial charge on any atom is 0.304 e. The van der Waals surface area contributed by atoms with E-state index in [2.05, 4.69) is 30.5 Å². The van der Waals surface area contributed by atoms with Gasteiger partial charge in [0.25, 0.3) is 5.78 Å². The molecule has 0 aliphatic heterocycles. The van der Waals surface area contributed by atoms with Gasteiger partial charge in [0.15, 0.2) is 5.52 Å². The average Bonchev–Trinajstić information content (AvgIpc) is 2.71. The van der Waals surface area contributed by atoms with Gasteiger partial charge in [-0.3, -0.25) is 9.89 Å². The molecule has 3 aromatic heterocycles. The van der Waals surface area contributed by atoms with E-state index >= 15 is 0 Å². The Kier molecular flexibility index (Phi) is 0.925. The summed E-state index contributed by atoms with van der Waals surface area (Å²) in [6.45, 7) is 0. The van der Waals surface area contributed by atoms with Crippen LogP contribution in [0.5, 0.6) is 0 Å². The summed E-state index contributed by atoms with van der Waals surface area (Å²) in [5.41, 5.74) is 0.158. The van der Waals surface area contributed by atoms with Crippen LogP contribution in [0.25, 0.3) is 16.9 Å². The zero-order valence-corrected chi connectivity index (χ0v) is 6.22. The van der Waals surface area contributed by atoms with Crippen molar-refractivity contribution < 1.29 is 0 Å². The van der Waals surface area contributed by atoms with Gasteiger partial charge < -0.3 is 0 Å². The summed E-state index contributed by atoms with van der Waals surface area (Å²) in [7, 11) is 0. The van der Waals surface area contributed by atoms with Crippen LogP contribution in [0, 0.1) is 0 Å². The van der Waals surface area contributed by atoms with Gasteiger partial charge in [-0.1, -0.05) is 0 Å². The van der Waals surface area contributed by atoms with Gasteiger partial charge in [-0.25, -0.2) is 4.98 Å². The molecule has 0 atom stereocenters. The van der Waals surface area contributed by atoms with Gasteiger partial charge in [0, 0.05) is 0 Å². The van der Waals surface area contributed by atoms with Crippen LogP contribution >= 0.6 is 0 Å². The van der Waals surface area contributed by atoms with Gasteiger partial charge in [-0.2, -0.15) is 14.7 Å². The van der Waals surface area contributed by atoms with Gasteiger partial charge >= 0.3 is 5.56 Å². The lowest BCUT2D eigenvalue weighted by molar-refractivity contribution is 0.909. The predicted molar refractivity (Wildman–Crippen MR) is 41.1 cm³/mol. The maximum absolute atomic E-state index is 11.5. The molecule has 0 radical (unpaired) electrons. The molecule has 0 fully saturated rings. The topological polar surface area (TPSA) is 105 Å². The highest BCUT2D eigenvalue weighted by Crippen LogP contribution is 1.98. The highest BCUT2D eigenvalue weighted by atomic mass is 16.1. The molecule has 3 heterocycles. The van der Waals surface area contributed by atoms with E-state index in [1.54, 1.807) is 0 Å². The summed E-state index contributed by atoms with van der Waals surface area (Å²) in [5.74, 6) is 0.284. The molecule has 8 nitrogen and oxygen atoms in total. The third-order valence-corrected chi connectivity index (χ3v) is 1.71. The van der Waals surface area contributed by atoms with Crippen LogP contribution in [0.2, 0.25) is 0 Å². The van der Waals surface area contributed by atoms with Gasteiger partial charge in [0.1, 0.15) is 6.33 Å². The van der Waals surface area contributed by atoms with E-state index in [-0.39, 0.29) is 22.5 Å². The Morgan fingerprint density at radius 3 is 3.23 bits per heavy atom. The first-order valence-electron chi connectivity index (χ1n) is 3.49. The third-order valence-electron chi connectivity index (χ3n) is 1.71. The molecule has 0 aliphatic carbocycles. The van der Waals surface area contributed by atoms with Crippen molar-refractivity contribution in [1.29, 1.82) is 0 Å². The summed E-state index contributed by atoms with van der Waals surface area (Å²) >= 11 is 0. The Morgan fingerprint density at radius 1 is 1.38 bits per heavy atom. The van der Waals surface area contributed by atoms with Gasteiger partial charge in [0.05, 0.1) is 0 Å². The van der Waals surface area contributed by atoms with Crippen molar-refractivity contribution in [1.82, 2.24) is 35.0 Å². The minimum atomic E-state index is -0.314. The molecule has 13 heavy (non-hydrogen) atoms. The summed E-state index contributed by atoms with van der Waals surface area (Å²) < 4.78 is 1.20. The van der Waals surface area contributed by atoms with E-state index in [0.29, 0.717) is 0 Å². The summed E-state index contributed by atoms with van der Waals surface area (Å²) in [6.07, 6.45) is 1.38. The van der Waals surface area contributed by atoms with E-state index in [1.807, 2.05) is 0 Å². The summed E-state index contributed by atoms with van der Waals surface area (Å²) in [5, 5.41) is 12.3. The highest BCUT2D eigenvalue weighted by Gasteiger charge is 2.09. The summed E-state index contributed by atoms with van der Waals surface area (Å²) in [4.78, 5) is 19.3. The first-order valence-corrected chi connectivity index (χ1v) is 3.49. The van der Waals surface area contributed by atoms with E-state index in [9.17, 15) is 4.79 Å². The fourth-order valence-corrected chi connectivity index (χ4v) is 1.14. The molecule has 64 valence electrons. The van der Waals surface area contributed by atoms with E-state index in [0.717, 1.165) is 0 Å². The second kappa shape index (κ2) is 1.91. The molecule has 2 N–H and O–H groups in total. The minimum absolute atomic E-state index is 0.196. The molecule has 0 saturated heterocycles. The van der Waals surface area contributed by atoms with Crippen LogP contribution in [-0.2, 0) is 0 Å². The van der Waals surface area contributed by atoms with E-state index in [4.69, 9.17) is 0 Å². The van der Waals surface area contributed by atoms with Crippen LogP contribution in [-0.4, -0.2) is 35.0 Å². The maximum atomic E-state index is 11.5. The third kappa shape index (κ3) is 0.662. The number of rotatable bonds is 0. The normalized spacial score (nSPS) is 11.4. The Morgan fingerprint density at radius 2 is 2.31 bits per heavy atom. The molecule has 0 amide bonds. The standard InChI is InChI=1S/C5H3N7O/c13-4-2-3(10-11-9-2)8-5-6-1-7-12(4)5/h1H,(H2,6,7,8,9,10,11). The minimum Gasteiger partial charge on any atom is -0.278 e. The van der Waals surface area contributed by atoms with Crippen molar-refractivity contribution in [2.24, 2.45) is 0 Å². The zero-order valence-electron chi connectivity index (χ0n) is 6.22. The molecule has 0 saturated carbocycles.